The summed E-state index contributed by atoms with van der Waals surface area (Å²) in [6, 6.07) is 7.76. The van der Waals surface area contributed by atoms with E-state index in [2.05, 4.69) is 19.9 Å². The molecule has 2 aromatic rings. The lowest BCUT2D eigenvalue weighted by Crippen LogP contribution is -2.13. The van der Waals surface area contributed by atoms with E-state index in [0.29, 0.717) is 8.67 Å². The Morgan fingerprint density at radius 3 is 2.47 bits per heavy atom. The summed E-state index contributed by atoms with van der Waals surface area (Å²) >= 11 is 13.4. The van der Waals surface area contributed by atoms with Gasteiger partial charge in [0.05, 0.1) is 14.7 Å². The van der Waals surface area contributed by atoms with Crippen LogP contribution in [0.3, 0.4) is 0 Å². The van der Waals surface area contributed by atoms with E-state index in [-0.39, 0.29) is 6.04 Å². The van der Waals surface area contributed by atoms with Gasteiger partial charge in [0.25, 0.3) is 0 Å². The first-order valence-electron chi connectivity index (χ1n) is 5.27. The maximum atomic E-state index is 6.26. The minimum absolute atomic E-state index is 0.217. The van der Waals surface area contributed by atoms with Crippen LogP contribution in [-0.2, 0) is 0 Å². The van der Waals surface area contributed by atoms with Gasteiger partial charge in [-0.15, -0.1) is 11.3 Å². The Labute approximate surface area is 115 Å². The maximum Gasteiger partial charge on any atom is 0.0995 e. The first-order chi connectivity index (χ1) is 8.00. The summed E-state index contributed by atoms with van der Waals surface area (Å²) in [6.45, 7) is 4.15. The van der Waals surface area contributed by atoms with Gasteiger partial charge in [0, 0.05) is 5.56 Å². The third-order valence-corrected chi connectivity index (χ3v) is 4.52. The van der Waals surface area contributed by atoms with Crippen LogP contribution in [0.5, 0.6) is 0 Å². The van der Waals surface area contributed by atoms with Gasteiger partial charge in [-0.2, -0.15) is 0 Å². The molecule has 0 aliphatic rings. The van der Waals surface area contributed by atoms with E-state index in [1.54, 1.807) is 0 Å². The lowest BCUT2D eigenvalue weighted by atomic mass is 9.95. The molecule has 0 aliphatic carbocycles. The molecule has 17 heavy (non-hydrogen) atoms. The van der Waals surface area contributed by atoms with E-state index in [9.17, 15) is 0 Å². The fraction of sp³-hybridized carbons (Fsp3) is 0.231. The molecule has 2 rings (SSSR count). The highest BCUT2D eigenvalue weighted by molar-refractivity contribution is 7.20. The largest absolute Gasteiger partial charge is 0.320 e. The Hall–Kier alpha value is -0.540. The number of aryl methyl sites for hydroxylation is 1. The molecule has 1 atom stereocenters. The van der Waals surface area contributed by atoms with E-state index >= 15 is 0 Å². The van der Waals surface area contributed by atoms with Gasteiger partial charge in [0.2, 0.25) is 0 Å². The molecule has 1 nitrogen and oxygen atoms in total. The Morgan fingerprint density at radius 2 is 1.88 bits per heavy atom. The van der Waals surface area contributed by atoms with Gasteiger partial charge >= 0.3 is 0 Å². The van der Waals surface area contributed by atoms with E-state index in [4.69, 9.17) is 28.9 Å². The number of thiophene rings is 1. The number of halogens is 2. The average Bonchev–Trinajstić information content (AvgIpc) is 2.61. The van der Waals surface area contributed by atoms with Crippen LogP contribution < -0.4 is 5.73 Å². The standard InChI is InChI=1S/C13H13Cl2NS/c1-7-4-3-5-9(8(7)2)12(16)10-6-11(14)17-13(10)15/h3-6,12H,16H2,1-2H3. The van der Waals surface area contributed by atoms with Gasteiger partial charge < -0.3 is 5.73 Å². The molecule has 0 fully saturated rings. The van der Waals surface area contributed by atoms with Crippen LogP contribution in [0.15, 0.2) is 24.3 Å². The minimum atomic E-state index is -0.217. The van der Waals surface area contributed by atoms with Crippen LogP contribution >= 0.6 is 34.5 Å². The van der Waals surface area contributed by atoms with Crippen LogP contribution in [0.4, 0.5) is 0 Å². The van der Waals surface area contributed by atoms with Crippen molar-refractivity contribution in [3.05, 3.63) is 55.2 Å². The topological polar surface area (TPSA) is 26.0 Å². The van der Waals surface area contributed by atoms with Crippen molar-refractivity contribution < 1.29 is 0 Å². The molecule has 1 unspecified atom stereocenters. The first kappa shape index (κ1) is 12.9. The summed E-state index contributed by atoms with van der Waals surface area (Å²) in [4.78, 5) is 0. The molecule has 4 heteroatoms. The van der Waals surface area contributed by atoms with Crippen LogP contribution in [-0.4, -0.2) is 0 Å². The predicted octanol–water partition coefficient (Wildman–Crippen LogP) is 4.72. The van der Waals surface area contributed by atoms with Crippen molar-refractivity contribution in [1.82, 2.24) is 0 Å². The number of hydrogen-bond donors (Lipinski definition) is 1. The Kier molecular flexibility index (Phi) is 3.79. The highest BCUT2D eigenvalue weighted by Crippen LogP contribution is 2.37. The molecule has 90 valence electrons. The van der Waals surface area contributed by atoms with Crippen molar-refractivity contribution in [1.29, 1.82) is 0 Å². The third-order valence-electron chi connectivity index (χ3n) is 3.00. The summed E-state index contributed by atoms with van der Waals surface area (Å²) in [5.41, 5.74) is 10.7. The SMILES string of the molecule is Cc1cccc(C(N)c2cc(Cl)sc2Cl)c1C. The lowest BCUT2D eigenvalue weighted by molar-refractivity contribution is 0.864. The van der Waals surface area contributed by atoms with E-state index in [1.807, 2.05) is 18.2 Å². The molecule has 2 N–H and O–H groups in total. The normalized spacial score (nSPS) is 12.8. The van der Waals surface area contributed by atoms with Gasteiger partial charge in [-0.3, -0.25) is 0 Å². The van der Waals surface area contributed by atoms with Crippen molar-refractivity contribution in [2.24, 2.45) is 5.73 Å². The second kappa shape index (κ2) is 4.99. The van der Waals surface area contributed by atoms with Crippen LogP contribution in [0.1, 0.15) is 28.3 Å². The minimum Gasteiger partial charge on any atom is -0.320 e. The van der Waals surface area contributed by atoms with Crippen LogP contribution in [0.2, 0.25) is 8.67 Å². The van der Waals surface area contributed by atoms with Crippen molar-refractivity contribution in [3.8, 4) is 0 Å². The molecule has 0 saturated heterocycles. The number of nitrogens with two attached hydrogens (primary N) is 1. The second-order valence-electron chi connectivity index (χ2n) is 4.05. The fourth-order valence-corrected chi connectivity index (χ4v) is 3.39. The van der Waals surface area contributed by atoms with Crippen LogP contribution in [0.25, 0.3) is 0 Å². The van der Waals surface area contributed by atoms with E-state index in [1.165, 1.54) is 22.5 Å². The molecule has 0 spiro atoms. The third kappa shape index (κ3) is 2.50. The van der Waals surface area contributed by atoms with E-state index < -0.39 is 0 Å². The quantitative estimate of drug-likeness (QED) is 0.849. The molecule has 1 aromatic heterocycles. The molecule has 1 aromatic carbocycles. The lowest BCUT2D eigenvalue weighted by Gasteiger charge is -2.15. The summed E-state index contributed by atoms with van der Waals surface area (Å²) in [7, 11) is 0. The van der Waals surface area contributed by atoms with Gasteiger partial charge in [-0.05, 0) is 36.6 Å². The summed E-state index contributed by atoms with van der Waals surface area (Å²) in [6.07, 6.45) is 0. The Balaban J connectivity index is 2.47. The summed E-state index contributed by atoms with van der Waals surface area (Å²) < 4.78 is 1.34. The van der Waals surface area contributed by atoms with Crippen molar-refractivity contribution >= 4 is 34.5 Å². The van der Waals surface area contributed by atoms with Crippen molar-refractivity contribution in [2.75, 3.05) is 0 Å². The molecule has 0 radical (unpaired) electrons. The molecule has 0 amide bonds. The highest BCUT2D eigenvalue weighted by Gasteiger charge is 2.17. The Bertz CT molecular complexity index is 548. The monoisotopic (exact) mass is 285 g/mol. The molecular weight excluding hydrogens is 273 g/mol. The fourth-order valence-electron chi connectivity index (χ4n) is 1.84. The molecule has 0 saturated carbocycles. The second-order valence-corrected chi connectivity index (χ2v) is 6.33. The van der Waals surface area contributed by atoms with Crippen molar-refractivity contribution in [3.63, 3.8) is 0 Å². The van der Waals surface area contributed by atoms with Gasteiger partial charge in [-0.1, -0.05) is 41.4 Å². The summed E-state index contributed by atoms with van der Waals surface area (Å²) in [5, 5.41) is 0. The zero-order chi connectivity index (χ0) is 12.6. The maximum absolute atomic E-state index is 6.26. The van der Waals surface area contributed by atoms with Gasteiger partial charge in [0.1, 0.15) is 0 Å². The van der Waals surface area contributed by atoms with Gasteiger partial charge in [-0.25, -0.2) is 0 Å². The van der Waals surface area contributed by atoms with Crippen LogP contribution in [0, 0.1) is 13.8 Å². The number of hydrogen-bond acceptors (Lipinski definition) is 2. The predicted molar refractivity (Wildman–Crippen MR) is 76.3 cm³/mol. The van der Waals surface area contributed by atoms with Crippen molar-refractivity contribution in [2.45, 2.75) is 19.9 Å². The summed E-state index contributed by atoms with van der Waals surface area (Å²) in [5.74, 6) is 0. The molecule has 0 bridgehead atoms. The van der Waals surface area contributed by atoms with Gasteiger partial charge in [0.15, 0.2) is 0 Å². The highest BCUT2D eigenvalue weighted by atomic mass is 35.5. The average molecular weight is 286 g/mol. The molecule has 1 heterocycles. The Morgan fingerprint density at radius 1 is 1.18 bits per heavy atom. The molecule has 0 aliphatic heterocycles. The molecular formula is C13H13Cl2NS. The van der Waals surface area contributed by atoms with E-state index in [0.717, 1.165) is 11.1 Å². The number of benzene rings is 1. The zero-order valence-electron chi connectivity index (χ0n) is 9.63. The first-order valence-corrected chi connectivity index (χ1v) is 6.84. The smallest absolute Gasteiger partial charge is 0.0995 e. The number of rotatable bonds is 2. The zero-order valence-corrected chi connectivity index (χ0v) is 12.0.